The van der Waals surface area contributed by atoms with Crippen LogP contribution in [-0.4, -0.2) is 39.2 Å². The Morgan fingerprint density at radius 2 is 2.03 bits per heavy atom. The lowest BCUT2D eigenvalue weighted by Gasteiger charge is -2.36. The summed E-state index contributed by atoms with van der Waals surface area (Å²) in [5.74, 6) is 0.831. The molecule has 7 nitrogen and oxygen atoms in total. The number of hydrogen-bond donors (Lipinski definition) is 3. The van der Waals surface area contributed by atoms with Crippen molar-refractivity contribution in [1.29, 1.82) is 0 Å². The third-order valence-electron chi connectivity index (χ3n) is 7.95. The molecule has 0 saturated carbocycles. The predicted molar refractivity (Wildman–Crippen MR) is 155 cm³/mol. The first kappa shape index (κ1) is 31.0. The number of Topliss-reactive ketones (excluding diaryl/α,β-unsaturated/α-hetero) is 1. The highest BCUT2D eigenvalue weighted by molar-refractivity contribution is 7.18. The molecule has 0 saturated heterocycles. The van der Waals surface area contributed by atoms with Crippen molar-refractivity contribution in [3.05, 3.63) is 40.4 Å². The number of nitrogens with zero attached hydrogens (tertiary/aromatic N) is 1. The van der Waals surface area contributed by atoms with Gasteiger partial charge in [0.15, 0.2) is 0 Å². The summed E-state index contributed by atoms with van der Waals surface area (Å²) in [7, 11) is 0. The molecule has 0 fully saturated rings. The fourth-order valence-corrected chi connectivity index (χ4v) is 6.00. The van der Waals surface area contributed by atoms with Crippen LogP contribution >= 0.6 is 11.3 Å². The Labute approximate surface area is 235 Å². The van der Waals surface area contributed by atoms with Crippen molar-refractivity contribution in [2.24, 2.45) is 23.0 Å². The lowest BCUT2D eigenvalue weighted by atomic mass is 9.71. The minimum Gasteiger partial charge on any atom is -0.457 e. The van der Waals surface area contributed by atoms with Gasteiger partial charge in [0.05, 0.1) is 34.3 Å². The highest BCUT2D eigenvalue weighted by atomic mass is 32.1. The number of esters is 1. The molecule has 0 aliphatic carbocycles. The molecule has 212 valence electrons. The van der Waals surface area contributed by atoms with E-state index in [2.05, 4.69) is 17.0 Å². The van der Waals surface area contributed by atoms with Gasteiger partial charge in [-0.3, -0.25) is 9.59 Å². The van der Waals surface area contributed by atoms with Gasteiger partial charge in [-0.05, 0) is 56.2 Å². The fourth-order valence-electron chi connectivity index (χ4n) is 5.17. The number of benzene rings is 1. The van der Waals surface area contributed by atoms with E-state index < -0.39 is 35.6 Å². The number of ketones is 1. The Morgan fingerprint density at radius 3 is 2.72 bits per heavy atom. The first-order valence-corrected chi connectivity index (χ1v) is 14.6. The minimum atomic E-state index is -1.28. The summed E-state index contributed by atoms with van der Waals surface area (Å²) in [5, 5.41) is 23.1. The van der Waals surface area contributed by atoms with Crippen molar-refractivity contribution in [2.75, 3.05) is 0 Å². The molecule has 1 aliphatic heterocycles. The average molecular weight is 555 g/mol. The molecule has 1 aromatic carbocycles. The average Bonchev–Trinajstić information content (AvgIpc) is 3.32. The van der Waals surface area contributed by atoms with Crippen LogP contribution in [0.3, 0.4) is 0 Å². The van der Waals surface area contributed by atoms with E-state index in [0.717, 1.165) is 45.6 Å². The zero-order valence-corrected chi connectivity index (χ0v) is 24.3. The van der Waals surface area contributed by atoms with E-state index in [1.54, 1.807) is 13.8 Å². The third kappa shape index (κ3) is 7.76. The van der Waals surface area contributed by atoms with E-state index in [0.29, 0.717) is 25.8 Å². The van der Waals surface area contributed by atoms with Crippen LogP contribution in [0.15, 0.2) is 29.8 Å². The number of ether oxygens (including phenoxy) is 1. The van der Waals surface area contributed by atoms with Gasteiger partial charge in [-0.1, -0.05) is 38.5 Å². The molecule has 0 radical (unpaired) electrons. The molecular weight excluding hydrogens is 512 g/mol. The number of fused-ring (bicyclic) bond motifs is 1. The van der Waals surface area contributed by atoms with Crippen molar-refractivity contribution in [3.8, 4) is 12.3 Å². The normalized spacial score (nSPS) is 28.9. The van der Waals surface area contributed by atoms with Crippen molar-refractivity contribution in [2.45, 2.75) is 97.5 Å². The second-order valence-corrected chi connectivity index (χ2v) is 12.4. The number of terminal acetylenes is 1. The van der Waals surface area contributed by atoms with Gasteiger partial charge in [0.1, 0.15) is 16.9 Å². The molecule has 4 N–H and O–H groups in total. The fraction of sp³-hybridized carbons (Fsp3) is 0.581. The van der Waals surface area contributed by atoms with Crippen molar-refractivity contribution < 1.29 is 24.5 Å². The molecule has 39 heavy (non-hydrogen) atoms. The molecule has 1 aromatic heterocycles. The number of nitrogens with two attached hydrogens (primary N) is 1. The van der Waals surface area contributed by atoms with E-state index in [-0.39, 0.29) is 18.1 Å². The zero-order valence-electron chi connectivity index (χ0n) is 23.5. The molecule has 2 aromatic rings. The van der Waals surface area contributed by atoms with Crippen molar-refractivity contribution >= 4 is 33.3 Å². The SMILES string of the molecule is C#CCC[C@H]1C(=O)C(C)(C)[C@@H](O)CC(=O)O[C@H](c2ccc3sc(CN)nc3c2)C/C=C(/C)CCC[C@H](C)[C@@H]1O. The number of allylic oxidation sites excluding steroid dienone is 1. The van der Waals surface area contributed by atoms with Crippen molar-refractivity contribution in [1.82, 2.24) is 4.98 Å². The number of aromatic nitrogens is 1. The standard InChI is InChI=1S/C31H42N2O5S/c1-6-7-11-22-29(36)20(3)10-8-9-19(2)12-14-24(38-28(35)17-26(34)31(4,5)30(22)37)21-13-15-25-23(16-21)33-27(18-32)39-25/h1,12-13,15-16,20,22,24,26,29,34,36H,7-11,14,17-18,32H2,2-5H3/b19-12-/t20-,22+,24-,26-,29-/m0/s1. The van der Waals surface area contributed by atoms with Crippen LogP contribution in [0.2, 0.25) is 0 Å². The first-order valence-electron chi connectivity index (χ1n) is 13.8. The molecule has 2 heterocycles. The summed E-state index contributed by atoms with van der Waals surface area (Å²) in [6.45, 7) is 7.59. The maximum absolute atomic E-state index is 13.7. The Kier molecular flexibility index (Phi) is 10.9. The Balaban J connectivity index is 1.93. The van der Waals surface area contributed by atoms with Crippen LogP contribution in [0.25, 0.3) is 10.2 Å². The molecule has 5 atom stereocenters. The number of carbonyl (C=O) groups excluding carboxylic acids is 2. The number of carbonyl (C=O) groups is 2. The maximum atomic E-state index is 13.7. The number of hydrogen-bond acceptors (Lipinski definition) is 8. The van der Waals surface area contributed by atoms with Crippen LogP contribution < -0.4 is 5.73 Å². The molecule has 0 bridgehead atoms. The highest BCUT2D eigenvalue weighted by Gasteiger charge is 2.43. The lowest BCUT2D eigenvalue weighted by Crippen LogP contribution is -2.46. The zero-order chi connectivity index (χ0) is 28.7. The molecular formula is C31H42N2O5S. The largest absolute Gasteiger partial charge is 0.457 e. The summed E-state index contributed by atoms with van der Waals surface area (Å²) >= 11 is 1.54. The van der Waals surface area contributed by atoms with Crippen LogP contribution in [-0.2, 0) is 20.9 Å². The third-order valence-corrected chi connectivity index (χ3v) is 9.01. The number of rotatable bonds is 4. The van der Waals surface area contributed by atoms with E-state index >= 15 is 0 Å². The van der Waals surface area contributed by atoms with Gasteiger partial charge in [0.25, 0.3) is 0 Å². The second-order valence-electron chi connectivity index (χ2n) is 11.3. The quantitative estimate of drug-likeness (QED) is 0.269. The second kappa shape index (κ2) is 13.7. The van der Waals surface area contributed by atoms with Gasteiger partial charge >= 0.3 is 5.97 Å². The van der Waals surface area contributed by atoms with Gasteiger partial charge in [-0.25, -0.2) is 4.98 Å². The van der Waals surface area contributed by atoms with Gasteiger partial charge in [-0.15, -0.1) is 23.7 Å². The number of thiazole rings is 1. The molecule has 3 rings (SSSR count). The molecule has 0 amide bonds. The summed E-state index contributed by atoms with van der Waals surface area (Å²) in [6, 6.07) is 5.82. The summed E-state index contributed by atoms with van der Waals surface area (Å²) in [6.07, 6.45) is 8.04. The monoisotopic (exact) mass is 554 g/mol. The van der Waals surface area contributed by atoms with Crippen LogP contribution in [0.1, 0.15) is 89.3 Å². The maximum Gasteiger partial charge on any atom is 0.309 e. The van der Waals surface area contributed by atoms with Gasteiger partial charge in [0.2, 0.25) is 0 Å². The van der Waals surface area contributed by atoms with Gasteiger partial charge in [0, 0.05) is 25.3 Å². The smallest absolute Gasteiger partial charge is 0.309 e. The van der Waals surface area contributed by atoms with E-state index in [1.807, 2.05) is 32.0 Å². The predicted octanol–water partition coefficient (Wildman–Crippen LogP) is 5.23. The van der Waals surface area contributed by atoms with E-state index in [9.17, 15) is 19.8 Å². The van der Waals surface area contributed by atoms with Gasteiger partial charge in [-0.2, -0.15) is 0 Å². The van der Waals surface area contributed by atoms with Crippen molar-refractivity contribution in [3.63, 3.8) is 0 Å². The Bertz CT molecular complexity index is 1230. The van der Waals surface area contributed by atoms with Crippen LogP contribution in [0.4, 0.5) is 0 Å². The van der Waals surface area contributed by atoms with Crippen LogP contribution in [0, 0.1) is 29.6 Å². The number of aliphatic hydroxyl groups excluding tert-OH is 2. The van der Waals surface area contributed by atoms with E-state index in [1.165, 1.54) is 11.3 Å². The molecule has 1 aliphatic rings. The summed E-state index contributed by atoms with van der Waals surface area (Å²) in [4.78, 5) is 31.3. The Morgan fingerprint density at radius 1 is 1.28 bits per heavy atom. The number of cyclic esters (lactones) is 1. The lowest BCUT2D eigenvalue weighted by molar-refractivity contribution is -0.156. The first-order chi connectivity index (χ1) is 18.5. The van der Waals surface area contributed by atoms with Gasteiger partial charge < -0.3 is 20.7 Å². The highest BCUT2D eigenvalue weighted by Crippen LogP contribution is 2.35. The minimum absolute atomic E-state index is 0.119. The molecule has 0 spiro atoms. The Hall–Kier alpha value is -2.57. The van der Waals surface area contributed by atoms with E-state index in [4.69, 9.17) is 16.9 Å². The molecule has 8 heteroatoms. The molecule has 0 unspecified atom stereocenters. The summed E-state index contributed by atoms with van der Waals surface area (Å²) in [5.41, 5.74) is 7.26. The van der Waals surface area contributed by atoms with Crippen LogP contribution in [0.5, 0.6) is 0 Å². The number of aliphatic hydroxyl groups is 2. The topological polar surface area (TPSA) is 123 Å². The summed E-state index contributed by atoms with van der Waals surface area (Å²) < 4.78 is 6.93.